The highest BCUT2D eigenvalue weighted by Gasteiger charge is 2.20. The van der Waals surface area contributed by atoms with Gasteiger partial charge in [-0.15, -0.1) is 12.4 Å². The van der Waals surface area contributed by atoms with Gasteiger partial charge in [0.1, 0.15) is 23.9 Å². The highest BCUT2D eigenvalue weighted by molar-refractivity contribution is 5.95. The van der Waals surface area contributed by atoms with Crippen molar-refractivity contribution in [3.05, 3.63) is 53.3 Å². The summed E-state index contributed by atoms with van der Waals surface area (Å²) in [6.07, 6.45) is 1.81. The standard InChI is InChI=1S/C20H23FN2O3.ClH/c1-25-17-5-2-14(3-6-17)8-9-22-10-11-26-18-13-16(21)12-15-4-7-19(24)23-20(15)18;/h2-3,5-6,12-13,22H,4,7-11H2,1H3,(H,23,24);1H. The second-order valence-corrected chi connectivity index (χ2v) is 6.18. The summed E-state index contributed by atoms with van der Waals surface area (Å²) in [6.45, 7) is 1.84. The summed E-state index contributed by atoms with van der Waals surface area (Å²) in [7, 11) is 1.65. The number of fused-ring (bicyclic) bond motifs is 1. The molecule has 0 fully saturated rings. The van der Waals surface area contributed by atoms with Crippen LogP contribution in [0.15, 0.2) is 36.4 Å². The number of anilines is 1. The van der Waals surface area contributed by atoms with Crippen LogP contribution >= 0.6 is 12.4 Å². The van der Waals surface area contributed by atoms with Crippen molar-refractivity contribution in [3.8, 4) is 11.5 Å². The number of carbonyl (C=O) groups excluding carboxylic acids is 1. The van der Waals surface area contributed by atoms with Crippen molar-refractivity contribution in [3.63, 3.8) is 0 Å². The molecule has 0 unspecified atom stereocenters. The molecule has 0 spiro atoms. The van der Waals surface area contributed by atoms with Crippen LogP contribution in [0.3, 0.4) is 0 Å². The fraction of sp³-hybridized carbons (Fsp3) is 0.350. The summed E-state index contributed by atoms with van der Waals surface area (Å²) < 4.78 is 24.5. The lowest BCUT2D eigenvalue weighted by Crippen LogP contribution is -2.24. The SMILES string of the molecule is COc1ccc(CCNCCOc2cc(F)cc3c2NC(=O)CC3)cc1.Cl. The minimum absolute atomic E-state index is 0. The number of amides is 1. The number of ether oxygens (including phenoxy) is 2. The summed E-state index contributed by atoms with van der Waals surface area (Å²) in [4.78, 5) is 11.6. The molecule has 1 heterocycles. The zero-order chi connectivity index (χ0) is 18.4. The predicted octanol–water partition coefficient (Wildman–Crippen LogP) is 3.35. The zero-order valence-electron chi connectivity index (χ0n) is 15.2. The fourth-order valence-corrected chi connectivity index (χ4v) is 2.92. The molecule has 27 heavy (non-hydrogen) atoms. The van der Waals surface area contributed by atoms with Gasteiger partial charge in [-0.05, 0) is 48.7 Å². The van der Waals surface area contributed by atoms with Crippen molar-refractivity contribution in [1.29, 1.82) is 0 Å². The normalized spacial score (nSPS) is 12.6. The van der Waals surface area contributed by atoms with E-state index in [1.807, 2.05) is 24.3 Å². The van der Waals surface area contributed by atoms with Crippen LogP contribution in [0.2, 0.25) is 0 Å². The summed E-state index contributed by atoms with van der Waals surface area (Å²) in [5.41, 5.74) is 2.61. The molecule has 1 aliphatic heterocycles. The Balaban J connectivity index is 0.00000261. The van der Waals surface area contributed by atoms with E-state index in [0.29, 0.717) is 37.4 Å². The molecule has 0 saturated carbocycles. The van der Waals surface area contributed by atoms with Gasteiger partial charge in [0.25, 0.3) is 0 Å². The molecule has 1 amide bonds. The van der Waals surface area contributed by atoms with Crippen molar-refractivity contribution >= 4 is 24.0 Å². The van der Waals surface area contributed by atoms with Crippen LogP contribution in [0.4, 0.5) is 10.1 Å². The highest BCUT2D eigenvalue weighted by Crippen LogP contribution is 2.33. The van der Waals surface area contributed by atoms with E-state index < -0.39 is 0 Å². The number of aryl methyl sites for hydroxylation is 1. The number of methoxy groups -OCH3 is 1. The monoisotopic (exact) mass is 394 g/mol. The Bertz CT molecular complexity index is 769. The molecule has 0 radical (unpaired) electrons. The van der Waals surface area contributed by atoms with Gasteiger partial charge in [0.05, 0.1) is 12.8 Å². The van der Waals surface area contributed by atoms with Crippen molar-refractivity contribution in [2.24, 2.45) is 0 Å². The number of halogens is 2. The number of nitrogens with one attached hydrogen (secondary N) is 2. The van der Waals surface area contributed by atoms with Gasteiger partial charge < -0.3 is 20.1 Å². The van der Waals surface area contributed by atoms with Crippen LogP contribution in [0.25, 0.3) is 0 Å². The van der Waals surface area contributed by atoms with Gasteiger partial charge >= 0.3 is 0 Å². The molecule has 5 nitrogen and oxygen atoms in total. The van der Waals surface area contributed by atoms with Crippen LogP contribution in [-0.2, 0) is 17.6 Å². The van der Waals surface area contributed by atoms with E-state index in [0.717, 1.165) is 24.3 Å². The van der Waals surface area contributed by atoms with E-state index in [2.05, 4.69) is 10.6 Å². The van der Waals surface area contributed by atoms with Gasteiger partial charge in [0, 0.05) is 19.0 Å². The maximum Gasteiger partial charge on any atom is 0.224 e. The third kappa shape index (κ3) is 5.84. The average molecular weight is 395 g/mol. The Morgan fingerprint density at radius 1 is 1.15 bits per heavy atom. The first-order valence-corrected chi connectivity index (χ1v) is 8.74. The lowest BCUT2D eigenvalue weighted by Gasteiger charge is -2.20. The lowest BCUT2D eigenvalue weighted by molar-refractivity contribution is -0.116. The first kappa shape index (κ1) is 21.0. The second kappa shape index (κ2) is 10.1. The maximum atomic E-state index is 13.7. The van der Waals surface area contributed by atoms with Crippen LogP contribution in [0.1, 0.15) is 17.5 Å². The van der Waals surface area contributed by atoms with E-state index in [1.165, 1.54) is 17.7 Å². The smallest absolute Gasteiger partial charge is 0.224 e. The van der Waals surface area contributed by atoms with Gasteiger partial charge in [-0.25, -0.2) is 4.39 Å². The first-order valence-electron chi connectivity index (χ1n) is 8.74. The third-order valence-electron chi connectivity index (χ3n) is 4.32. The lowest BCUT2D eigenvalue weighted by atomic mass is 10.0. The minimum Gasteiger partial charge on any atom is -0.497 e. The highest BCUT2D eigenvalue weighted by atomic mass is 35.5. The molecule has 2 N–H and O–H groups in total. The molecule has 0 aliphatic carbocycles. The Kier molecular flexibility index (Phi) is 7.88. The van der Waals surface area contributed by atoms with Crippen molar-refractivity contribution in [2.75, 3.05) is 32.1 Å². The van der Waals surface area contributed by atoms with Gasteiger partial charge in [-0.1, -0.05) is 12.1 Å². The van der Waals surface area contributed by atoms with Gasteiger partial charge in [0.15, 0.2) is 0 Å². The van der Waals surface area contributed by atoms with Crippen LogP contribution in [0, 0.1) is 5.82 Å². The second-order valence-electron chi connectivity index (χ2n) is 6.18. The van der Waals surface area contributed by atoms with Crippen LogP contribution in [0.5, 0.6) is 11.5 Å². The largest absolute Gasteiger partial charge is 0.497 e. The van der Waals surface area contributed by atoms with Crippen molar-refractivity contribution in [2.45, 2.75) is 19.3 Å². The molecule has 0 bridgehead atoms. The summed E-state index contributed by atoms with van der Waals surface area (Å²) >= 11 is 0. The molecular formula is C20H24ClFN2O3. The third-order valence-corrected chi connectivity index (χ3v) is 4.32. The van der Waals surface area contributed by atoms with Gasteiger partial charge in [-0.2, -0.15) is 0 Å². The Morgan fingerprint density at radius 2 is 1.93 bits per heavy atom. The average Bonchev–Trinajstić information content (AvgIpc) is 2.65. The molecule has 7 heteroatoms. The Labute approximate surface area is 164 Å². The van der Waals surface area contributed by atoms with E-state index in [1.54, 1.807) is 7.11 Å². The number of carbonyl (C=O) groups is 1. The molecule has 2 aromatic carbocycles. The van der Waals surface area contributed by atoms with Crippen molar-refractivity contribution in [1.82, 2.24) is 5.32 Å². The van der Waals surface area contributed by atoms with Gasteiger partial charge in [0.2, 0.25) is 5.91 Å². The topological polar surface area (TPSA) is 59.6 Å². The number of hydrogen-bond acceptors (Lipinski definition) is 4. The molecular weight excluding hydrogens is 371 g/mol. The molecule has 3 rings (SSSR count). The molecule has 0 atom stereocenters. The molecule has 2 aromatic rings. The number of hydrogen-bond donors (Lipinski definition) is 2. The van der Waals surface area contributed by atoms with Crippen LogP contribution < -0.4 is 20.1 Å². The first-order chi connectivity index (χ1) is 12.7. The van der Waals surface area contributed by atoms with E-state index in [9.17, 15) is 9.18 Å². The molecule has 0 aromatic heterocycles. The maximum absolute atomic E-state index is 13.7. The van der Waals surface area contributed by atoms with E-state index in [-0.39, 0.29) is 24.1 Å². The van der Waals surface area contributed by atoms with E-state index in [4.69, 9.17) is 9.47 Å². The van der Waals surface area contributed by atoms with Gasteiger partial charge in [-0.3, -0.25) is 4.79 Å². The summed E-state index contributed by atoms with van der Waals surface area (Å²) in [6, 6.07) is 10.7. The van der Waals surface area contributed by atoms with Crippen LogP contribution in [-0.4, -0.2) is 32.7 Å². The number of rotatable bonds is 8. The summed E-state index contributed by atoms with van der Waals surface area (Å²) in [5, 5.41) is 6.08. The van der Waals surface area contributed by atoms with E-state index >= 15 is 0 Å². The molecule has 1 aliphatic rings. The quantitative estimate of drug-likeness (QED) is 0.674. The van der Waals surface area contributed by atoms with Crippen molar-refractivity contribution < 1.29 is 18.7 Å². The summed E-state index contributed by atoms with van der Waals surface area (Å²) in [5.74, 6) is 0.833. The zero-order valence-corrected chi connectivity index (χ0v) is 16.0. The minimum atomic E-state index is -0.345. The molecule has 146 valence electrons. The number of benzene rings is 2. The Morgan fingerprint density at radius 3 is 2.67 bits per heavy atom. The Hall–Kier alpha value is -2.31. The predicted molar refractivity (Wildman–Crippen MR) is 106 cm³/mol. The molecule has 0 saturated heterocycles. The fourth-order valence-electron chi connectivity index (χ4n) is 2.92.